The van der Waals surface area contributed by atoms with Crippen LogP contribution in [0.1, 0.15) is 5.56 Å². The number of fused-ring (bicyclic) bond motifs is 1. The minimum atomic E-state index is -0.168. The van der Waals surface area contributed by atoms with Crippen molar-refractivity contribution in [3.63, 3.8) is 0 Å². The van der Waals surface area contributed by atoms with Crippen LogP contribution < -0.4 is 14.4 Å². The van der Waals surface area contributed by atoms with Gasteiger partial charge in [0, 0.05) is 38.4 Å². The number of ether oxygens (including phenoxy) is 2. The first-order valence-corrected chi connectivity index (χ1v) is 9.36. The summed E-state index contributed by atoms with van der Waals surface area (Å²) in [6.45, 7) is 2.67. The molecule has 3 amide bonds. The predicted molar refractivity (Wildman–Crippen MR) is 105 cm³/mol. The third kappa shape index (κ3) is 3.74. The van der Waals surface area contributed by atoms with Gasteiger partial charge in [0.1, 0.15) is 19.8 Å². The van der Waals surface area contributed by atoms with Gasteiger partial charge in [-0.2, -0.15) is 0 Å². The van der Waals surface area contributed by atoms with Gasteiger partial charge in [0.15, 0.2) is 11.5 Å². The molecule has 2 heterocycles. The van der Waals surface area contributed by atoms with Crippen LogP contribution in [0.15, 0.2) is 48.5 Å². The lowest BCUT2D eigenvalue weighted by molar-refractivity contribution is -0.130. The number of nitrogens with zero attached hydrogens (tertiary/aromatic N) is 3. The molecule has 4 rings (SSSR count). The molecule has 2 aromatic carbocycles. The molecule has 7 heteroatoms. The molecule has 2 aromatic rings. The molecule has 2 aliphatic heterocycles. The molecule has 1 saturated heterocycles. The average Bonchev–Trinajstić information content (AvgIpc) is 3.08. The lowest BCUT2D eigenvalue weighted by Crippen LogP contribution is -2.40. The Morgan fingerprint density at radius 3 is 2.57 bits per heavy atom. The van der Waals surface area contributed by atoms with E-state index in [9.17, 15) is 9.59 Å². The van der Waals surface area contributed by atoms with Crippen LogP contribution in [0.4, 0.5) is 10.5 Å². The van der Waals surface area contributed by atoms with E-state index in [2.05, 4.69) is 0 Å². The van der Waals surface area contributed by atoms with E-state index >= 15 is 0 Å². The van der Waals surface area contributed by atoms with Gasteiger partial charge in [-0.15, -0.1) is 0 Å². The summed E-state index contributed by atoms with van der Waals surface area (Å²) in [6.07, 6.45) is 0. The van der Waals surface area contributed by atoms with Gasteiger partial charge in [-0.1, -0.05) is 30.3 Å². The first-order valence-electron chi connectivity index (χ1n) is 9.36. The Balaban J connectivity index is 1.38. The van der Waals surface area contributed by atoms with Gasteiger partial charge in [-0.3, -0.25) is 9.69 Å². The fourth-order valence-electron chi connectivity index (χ4n) is 3.40. The first kappa shape index (κ1) is 18.2. The Morgan fingerprint density at radius 1 is 1.04 bits per heavy atom. The Bertz CT molecular complexity index is 871. The van der Waals surface area contributed by atoms with E-state index in [1.807, 2.05) is 48.5 Å². The van der Waals surface area contributed by atoms with Gasteiger partial charge in [-0.05, 0) is 17.7 Å². The molecule has 7 nitrogen and oxygen atoms in total. The molecule has 0 spiro atoms. The van der Waals surface area contributed by atoms with E-state index in [-0.39, 0.29) is 18.5 Å². The first-order chi connectivity index (χ1) is 13.6. The fourth-order valence-corrected chi connectivity index (χ4v) is 3.40. The third-order valence-electron chi connectivity index (χ3n) is 4.95. The minimum Gasteiger partial charge on any atom is -0.486 e. The fraction of sp³-hybridized carbons (Fsp3) is 0.333. The van der Waals surface area contributed by atoms with Gasteiger partial charge < -0.3 is 19.3 Å². The van der Waals surface area contributed by atoms with E-state index in [1.54, 1.807) is 21.7 Å². The highest BCUT2D eigenvalue weighted by molar-refractivity contribution is 5.96. The maximum atomic E-state index is 12.8. The van der Waals surface area contributed by atoms with Crippen LogP contribution >= 0.6 is 0 Å². The van der Waals surface area contributed by atoms with Crippen molar-refractivity contribution in [3.8, 4) is 11.5 Å². The Kier molecular flexibility index (Phi) is 5.06. The van der Waals surface area contributed by atoms with E-state index in [0.717, 1.165) is 11.3 Å². The summed E-state index contributed by atoms with van der Waals surface area (Å²) in [5, 5.41) is 0. The van der Waals surface area contributed by atoms with Gasteiger partial charge in [0.25, 0.3) is 0 Å². The second-order valence-corrected chi connectivity index (χ2v) is 6.92. The standard InChI is InChI=1S/C21H23N3O4/c1-22(14-16-5-3-2-4-6-16)20(25)15-23-9-10-24(21(23)26)17-7-8-18-19(13-17)28-12-11-27-18/h2-8,13H,9-12,14-15H2,1H3. The lowest BCUT2D eigenvalue weighted by Gasteiger charge is -2.23. The van der Waals surface area contributed by atoms with Crippen LogP contribution in [0.3, 0.4) is 0 Å². The number of anilines is 1. The molecular formula is C21H23N3O4. The van der Waals surface area contributed by atoms with Crippen molar-refractivity contribution in [2.45, 2.75) is 6.54 Å². The van der Waals surface area contributed by atoms with Gasteiger partial charge in [-0.25, -0.2) is 4.79 Å². The molecule has 0 aliphatic carbocycles. The average molecular weight is 381 g/mol. The Morgan fingerprint density at radius 2 is 1.79 bits per heavy atom. The van der Waals surface area contributed by atoms with Crippen LogP contribution in [0.5, 0.6) is 11.5 Å². The molecule has 0 atom stereocenters. The number of carbonyl (C=O) groups excluding carboxylic acids is 2. The lowest BCUT2D eigenvalue weighted by atomic mass is 10.2. The highest BCUT2D eigenvalue weighted by Gasteiger charge is 2.32. The summed E-state index contributed by atoms with van der Waals surface area (Å²) in [4.78, 5) is 30.3. The summed E-state index contributed by atoms with van der Waals surface area (Å²) in [5.41, 5.74) is 1.81. The molecule has 1 fully saturated rings. The summed E-state index contributed by atoms with van der Waals surface area (Å²) in [6, 6.07) is 15.1. The third-order valence-corrected chi connectivity index (χ3v) is 4.95. The van der Waals surface area contributed by atoms with E-state index in [4.69, 9.17) is 9.47 Å². The maximum absolute atomic E-state index is 12.8. The molecule has 2 aliphatic rings. The Labute approximate surface area is 164 Å². The van der Waals surface area contributed by atoms with Crippen molar-refractivity contribution < 1.29 is 19.1 Å². The maximum Gasteiger partial charge on any atom is 0.325 e. The monoisotopic (exact) mass is 381 g/mol. The Hall–Kier alpha value is -3.22. The van der Waals surface area contributed by atoms with Crippen LogP contribution in [0.25, 0.3) is 0 Å². The SMILES string of the molecule is CN(Cc1ccccc1)C(=O)CN1CCN(c2ccc3c(c2)OCCO3)C1=O. The molecule has 0 saturated carbocycles. The smallest absolute Gasteiger partial charge is 0.325 e. The molecular weight excluding hydrogens is 358 g/mol. The molecule has 0 N–H and O–H groups in total. The second kappa shape index (κ2) is 7.80. The van der Waals surface area contributed by atoms with E-state index < -0.39 is 0 Å². The summed E-state index contributed by atoms with van der Waals surface area (Å²) in [7, 11) is 1.76. The summed E-state index contributed by atoms with van der Waals surface area (Å²) in [5.74, 6) is 1.26. The number of likely N-dealkylation sites (N-methyl/N-ethyl adjacent to an activating group) is 1. The number of amides is 3. The number of benzene rings is 2. The van der Waals surface area contributed by atoms with Crippen molar-refractivity contribution in [1.29, 1.82) is 0 Å². The predicted octanol–water partition coefficient (Wildman–Crippen LogP) is 2.36. The van der Waals surface area contributed by atoms with Crippen molar-refractivity contribution in [1.82, 2.24) is 9.80 Å². The van der Waals surface area contributed by atoms with Crippen LogP contribution in [0, 0.1) is 0 Å². The van der Waals surface area contributed by atoms with Gasteiger partial charge in [0.05, 0.1) is 0 Å². The summed E-state index contributed by atoms with van der Waals surface area (Å²) < 4.78 is 11.1. The zero-order chi connectivity index (χ0) is 19.5. The van der Waals surface area contributed by atoms with E-state index in [1.165, 1.54) is 0 Å². The number of hydrogen-bond donors (Lipinski definition) is 0. The quantitative estimate of drug-likeness (QED) is 0.798. The zero-order valence-corrected chi connectivity index (χ0v) is 15.8. The number of urea groups is 1. The number of rotatable bonds is 5. The molecule has 0 radical (unpaired) electrons. The van der Waals surface area contributed by atoms with Gasteiger partial charge >= 0.3 is 6.03 Å². The number of carbonyl (C=O) groups is 2. The highest BCUT2D eigenvalue weighted by atomic mass is 16.6. The topological polar surface area (TPSA) is 62.3 Å². The number of hydrogen-bond acceptors (Lipinski definition) is 4. The van der Waals surface area contributed by atoms with Crippen molar-refractivity contribution in [2.24, 2.45) is 0 Å². The molecule has 0 unspecified atom stereocenters. The molecule has 0 aromatic heterocycles. The molecule has 146 valence electrons. The van der Waals surface area contributed by atoms with Crippen molar-refractivity contribution in [3.05, 3.63) is 54.1 Å². The molecule has 0 bridgehead atoms. The molecule has 28 heavy (non-hydrogen) atoms. The van der Waals surface area contributed by atoms with Crippen LogP contribution in [-0.4, -0.2) is 61.6 Å². The zero-order valence-electron chi connectivity index (χ0n) is 15.8. The van der Waals surface area contributed by atoms with E-state index in [0.29, 0.717) is 44.3 Å². The largest absolute Gasteiger partial charge is 0.486 e. The van der Waals surface area contributed by atoms with Crippen LogP contribution in [0.2, 0.25) is 0 Å². The van der Waals surface area contributed by atoms with Crippen molar-refractivity contribution >= 4 is 17.6 Å². The normalized spacial score (nSPS) is 15.7. The van der Waals surface area contributed by atoms with Crippen LogP contribution in [-0.2, 0) is 11.3 Å². The second-order valence-electron chi connectivity index (χ2n) is 6.92. The summed E-state index contributed by atoms with van der Waals surface area (Å²) >= 11 is 0. The van der Waals surface area contributed by atoms with Gasteiger partial charge in [0.2, 0.25) is 5.91 Å². The van der Waals surface area contributed by atoms with Crippen molar-refractivity contribution in [2.75, 3.05) is 44.8 Å². The highest BCUT2D eigenvalue weighted by Crippen LogP contribution is 2.35. The minimum absolute atomic E-state index is 0.0726.